The lowest BCUT2D eigenvalue weighted by Gasteiger charge is -2.31. The largest absolute Gasteiger partial charge is 0.481 e. The van der Waals surface area contributed by atoms with Crippen molar-refractivity contribution in [3.8, 4) is 0 Å². The highest BCUT2D eigenvalue weighted by molar-refractivity contribution is 7.09. The van der Waals surface area contributed by atoms with Gasteiger partial charge in [0.15, 0.2) is 5.78 Å². The third-order valence-corrected chi connectivity index (χ3v) is 8.42. The van der Waals surface area contributed by atoms with Crippen LogP contribution in [-0.2, 0) is 11.2 Å². The van der Waals surface area contributed by atoms with E-state index >= 15 is 0 Å². The number of carbonyl (C=O) groups excluding carboxylic acids is 1. The second-order valence-corrected chi connectivity index (χ2v) is 11.9. The molecule has 2 aromatic heterocycles. The van der Waals surface area contributed by atoms with Gasteiger partial charge in [-0.1, -0.05) is 39.7 Å². The summed E-state index contributed by atoms with van der Waals surface area (Å²) in [5.74, 6) is 0.358. The molecule has 6 nitrogen and oxygen atoms in total. The summed E-state index contributed by atoms with van der Waals surface area (Å²) in [5, 5.41) is 21.7. The maximum Gasteiger partial charge on any atom is 0.305 e. The zero-order chi connectivity index (χ0) is 25.8. The van der Waals surface area contributed by atoms with E-state index in [9.17, 15) is 14.7 Å². The number of hydrogen-bond donors (Lipinski definition) is 2. The molecule has 0 unspecified atom stereocenters. The van der Waals surface area contributed by atoms with Crippen molar-refractivity contribution in [2.75, 3.05) is 0 Å². The van der Waals surface area contributed by atoms with E-state index in [4.69, 9.17) is 10.1 Å². The summed E-state index contributed by atoms with van der Waals surface area (Å²) < 4.78 is 2.42. The van der Waals surface area contributed by atoms with Gasteiger partial charge in [-0.2, -0.15) is 0 Å². The predicted molar refractivity (Wildman–Crippen MR) is 144 cm³/mol. The second kappa shape index (κ2) is 11.7. The molecule has 0 spiro atoms. The minimum absolute atomic E-state index is 0.0765. The molecular formula is C29H38N2O4S. The van der Waals surface area contributed by atoms with Crippen LogP contribution in [0.3, 0.4) is 0 Å². The van der Waals surface area contributed by atoms with Crippen molar-refractivity contribution >= 4 is 34.1 Å². The molecule has 3 aromatic rings. The molecule has 7 heteroatoms. The van der Waals surface area contributed by atoms with E-state index in [0.717, 1.165) is 29.7 Å². The summed E-state index contributed by atoms with van der Waals surface area (Å²) in [7, 11) is 0. The first-order valence-corrected chi connectivity index (χ1v) is 14.1. The van der Waals surface area contributed by atoms with E-state index in [2.05, 4.69) is 29.0 Å². The fourth-order valence-electron chi connectivity index (χ4n) is 5.75. The summed E-state index contributed by atoms with van der Waals surface area (Å²) in [6, 6.07) is 10.4. The maximum atomic E-state index is 13.3. The van der Waals surface area contributed by atoms with Crippen LogP contribution in [0.5, 0.6) is 0 Å². The van der Waals surface area contributed by atoms with E-state index in [1.807, 2.05) is 32.0 Å². The Bertz CT molecular complexity index is 1180. The van der Waals surface area contributed by atoms with Gasteiger partial charge < -0.3 is 14.8 Å². The lowest BCUT2D eigenvalue weighted by atomic mass is 9.85. The number of Topliss-reactive ketones (excluding diaryl/α,β-unsaturated/α-hetero) is 1. The summed E-state index contributed by atoms with van der Waals surface area (Å²) in [4.78, 5) is 30.7. The topological polar surface area (TPSA) is 92.4 Å². The molecule has 0 amide bonds. The highest BCUT2D eigenvalue weighted by Crippen LogP contribution is 2.37. The average Bonchev–Trinajstić information content (AvgIpc) is 3.45. The average molecular weight is 511 g/mol. The predicted octanol–water partition coefficient (Wildman–Crippen LogP) is 6.51. The minimum atomic E-state index is -1.05. The number of aliphatic hydroxyl groups is 1. The number of aromatic nitrogens is 2. The smallest absolute Gasteiger partial charge is 0.305 e. The molecular weight excluding hydrogens is 472 g/mol. The first kappa shape index (κ1) is 26.6. The van der Waals surface area contributed by atoms with Gasteiger partial charge in [0.25, 0.3) is 0 Å². The highest BCUT2D eigenvalue weighted by atomic mass is 32.1. The Morgan fingerprint density at radius 3 is 2.61 bits per heavy atom. The molecule has 0 aliphatic heterocycles. The van der Waals surface area contributed by atoms with Crippen molar-refractivity contribution in [2.24, 2.45) is 17.8 Å². The molecule has 2 heterocycles. The number of nitrogens with zero attached hydrogens (tertiary/aromatic N) is 2. The number of hydrogen-bond acceptors (Lipinski definition) is 5. The van der Waals surface area contributed by atoms with Crippen LogP contribution in [0.25, 0.3) is 11.0 Å². The Kier molecular flexibility index (Phi) is 8.62. The maximum absolute atomic E-state index is 13.3. The molecule has 194 valence electrons. The van der Waals surface area contributed by atoms with Crippen molar-refractivity contribution in [3.63, 3.8) is 0 Å². The number of aliphatic hydroxyl groups excluding tert-OH is 1. The Hall–Kier alpha value is -2.51. The number of fused-ring (bicyclic) bond motifs is 1. The molecule has 0 saturated heterocycles. The first-order chi connectivity index (χ1) is 17.2. The lowest BCUT2D eigenvalue weighted by molar-refractivity contribution is -0.140. The van der Waals surface area contributed by atoms with E-state index in [1.54, 1.807) is 11.3 Å². The Morgan fingerprint density at radius 1 is 1.17 bits per heavy atom. The van der Waals surface area contributed by atoms with Gasteiger partial charge in [-0.05, 0) is 66.7 Å². The van der Waals surface area contributed by atoms with E-state index < -0.39 is 12.1 Å². The van der Waals surface area contributed by atoms with Crippen LogP contribution in [0.15, 0.2) is 35.7 Å². The Labute approximate surface area is 217 Å². The molecule has 1 saturated carbocycles. The van der Waals surface area contributed by atoms with Crippen molar-refractivity contribution in [1.29, 1.82) is 0 Å². The monoisotopic (exact) mass is 510 g/mol. The number of rotatable bonds is 11. The van der Waals surface area contributed by atoms with Gasteiger partial charge in [-0.25, -0.2) is 4.98 Å². The standard InChI is InChI=1S/C29H38N2O4S/c1-18(2)13-21(27(33)17-29(34)35)15-26(32)20-10-11-25-23(14-20)30-28(16-22-8-6-12-36-22)31(25)24-9-5-4-7-19(24)3/h6,8,10-12,14,18-19,21,24,27,33H,4-5,7,9,13,15-17H2,1-3H3,(H,34,35)/t19-,21-,24-,27-/m1/s1. The van der Waals surface area contributed by atoms with Crippen LogP contribution in [0.2, 0.25) is 0 Å². The third kappa shape index (κ3) is 6.24. The van der Waals surface area contributed by atoms with Gasteiger partial charge in [0.1, 0.15) is 5.82 Å². The van der Waals surface area contributed by atoms with Crippen molar-refractivity contribution in [1.82, 2.24) is 9.55 Å². The van der Waals surface area contributed by atoms with Crippen LogP contribution in [-0.4, -0.2) is 37.6 Å². The van der Waals surface area contributed by atoms with Crippen molar-refractivity contribution in [3.05, 3.63) is 52.0 Å². The Balaban J connectivity index is 1.65. The number of carbonyl (C=O) groups is 2. The first-order valence-electron chi connectivity index (χ1n) is 13.2. The number of aliphatic carboxylic acids is 1. The summed E-state index contributed by atoms with van der Waals surface area (Å²) in [5.41, 5.74) is 2.47. The van der Waals surface area contributed by atoms with E-state index in [0.29, 0.717) is 23.9 Å². The fourth-order valence-corrected chi connectivity index (χ4v) is 6.45. The lowest BCUT2D eigenvalue weighted by Crippen LogP contribution is -2.27. The van der Waals surface area contributed by atoms with E-state index in [-0.39, 0.29) is 30.5 Å². The zero-order valence-corrected chi connectivity index (χ0v) is 22.3. The summed E-state index contributed by atoms with van der Waals surface area (Å²) in [6.45, 7) is 6.37. The number of carboxylic acids is 1. The molecule has 1 aromatic carbocycles. The molecule has 1 aliphatic carbocycles. The number of imidazole rings is 1. The fraction of sp³-hybridized carbons (Fsp3) is 0.552. The number of ketones is 1. The zero-order valence-electron chi connectivity index (χ0n) is 21.5. The normalized spacial score (nSPS) is 20.0. The molecule has 2 N–H and O–H groups in total. The van der Waals surface area contributed by atoms with E-state index in [1.165, 1.54) is 24.1 Å². The quantitative estimate of drug-likeness (QED) is 0.287. The highest BCUT2D eigenvalue weighted by Gasteiger charge is 2.29. The van der Waals surface area contributed by atoms with Gasteiger partial charge in [-0.3, -0.25) is 9.59 Å². The van der Waals surface area contributed by atoms with Crippen molar-refractivity contribution in [2.45, 2.75) is 84.3 Å². The summed E-state index contributed by atoms with van der Waals surface area (Å²) >= 11 is 1.74. The molecule has 1 aliphatic rings. The van der Waals surface area contributed by atoms with Gasteiger partial charge >= 0.3 is 5.97 Å². The molecule has 1 fully saturated rings. The van der Waals surface area contributed by atoms with Gasteiger partial charge in [0.2, 0.25) is 0 Å². The second-order valence-electron chi connectivity index (χ2n) is 10.9. The molecule has 4 atom stereocenters. The Morgan fingerprint density at radius 2 is 1.94 bits per heavy atom. The van der Waals surface area contributed by atoms with Crippen molar-refractivity contribution < 1.29 is 19.8 Å². The van der Waals surface area contributed by atoms with Gasteiger partial charge in [-0.15, -0.1) is 11.3 Å². The van der Waals surface area contributed by atoms with Crippen LogP contribution in [0, 0.1) is 17.8 Å². The number of carboxylic acid groups (broad SMARTS) is 1. The van der Waals surface area contributed by atoms with Crippen LogP contribution < -0.4 is 0 Å². The van der Waals surface area contributed by atoms with Crippen LogP contribution in [0.4, 0.5) is 0 Å². The number of benzene rings is 1. The van der Waals surface area contributed by atoms with Gasteiger partial charge in [0.05, 0.1) is 23.6 Å². The molecule has 0 radical (unpaired) electrons. The SMILES string of the molecule is CC(C)C[C@H](CC(=O)c1ccc2c(c1)nc(Cc1cccs1)n2[C@@H]1CCCC[C@H]1C)[C@H](O)CC(=O)O. The molecule has 4 rings (SSSR count). The van der Waals surface area contributed by atoms with Crippen LogP contribution in [0.1, 0.15) is 92.8 Å². The summed E-state index contributed by atoms with van der Waals surface area (Å²) in [6.07, 6.45) is 4.97. The van der Waals surface area contributed by atoms with Crippen LogP contribution >= 0.6 is 11.3 Å². The number of thiophene rings is 1. The third-order valence-electron chi connectivity index (χ3n) is 7.54. The molecule has 36 heavy (non-hydrogen) atoms. The molecule has 0 bridgehead atoms. The minimum Gasteiger partial charge on any atom is -0.481 e. The van der Waals surface area contributed by atoms with Gasteiger partial charge in [0, 0.05) is 29.3 Å².